The summed E-state index contributed by atoms with van der Waals surface area (Å²) in [6.45, 7) is 6.41. The van der Waals surface area contributed by atoms with Gasteiger partial charge in [0.2, 0.25) is 5.13 Å². The van der Waals surface area contributed by atoms with Crippen molar-refractivity contribution in [3.63, 3.8) is 0 Å². The quantitative estimate of drug-likeness (QED) is 0.565. The lowest BCUT2D eigenvalue weighted by Crippen LogP contribution is -2.14. The maximum atomic E-state index is 12.4. The summed E-state index contributed by atoms with van der Waals surface area (Å²) >= 11 is 13.4. The molecule has 1 N–H and O–H groups in total. The third kappa shape index (κ3) is 5.06. The molecule has 1 amide bonds. The fourth-order valence-corrected chi connectivity index (χ4v) is 3.73. The van der Waals surface area contributed by atoms with Crippen LogP contribution in [0.3, 0.4) is 0 Å². The Bertz CT molecular complexity index is 962. The van der Waals surface area contributed by atoms with Crippen LogP contribution < -0.4 is 5.32 Å². The van der Waals surface area contributed by atoms with Gasteiger partial charge >= 0.3 is 0 Å². The second-order valence-corrected chi connectivity index (χ2v) is 9.10. The third-order valence-electron chi connectivity index (χ3n) is 4.06. The monoisotopic (exact) mass is 419 g/mol. The zero-order valence-corrected chi connectivity index (χ0v) is 17.5. The molecular formula is C20H19Cl2N3OS. The largest absolute Gasteiger partial charge is 0.296 e. The highest BCUT2D eigenvalue weighted by Crippen LogP contribution is 2.26. The molecule has 3 aromatic rings. The number of anilines is 1. The van der Waals surface area contributed by atoms with Gasteiger partial charge in [-0.15, -0.1) is 10.2 Å². The first-order valence-corrected chi connectivity index (χ1v) is 9.98. The van der Waals surface area contributed by atoms with Gasteiger partial charge in [0, 0.05) is 22.0 Å². The van der Waals surface area contributed by atoms with E-state index in [4.69, 9.17) is 23.2 Å². The van der Waals surface area contributed by atoms with Crippen LogP contribution in [-0.2, 0) is 11.8 Å². The van der Waals surface area contributed by atoms with E-state index in [1.165, 1.54) is 16.9 Å². The van der Waals surface area contributed by atoms with E-state index in [0.29, 0.717) is 27.2 Å². The van der Waals surface area contributed by atoms with Crippen molar-refractivity contribution in [2.75, 3.05) is 5.32 Å². The van der Waals surface area contributed by atoms with Gasteiger partial charge in [0.25, 0.3) is 5.91 Å². The minimum atomic E-state index is -0.206. The fraction of sp³-hybridized carbons (Fsp3) is 0.250. The Morgan fingerprint density at radius 3 is 2.41 bits per heavy atom. The molecule has 0 saturated carbocycles. The van der Waals surface area contributed by atoms with E-state index in [-0.39, 0.29) is 11.3 Å². The van der Waals surface area contributed by atoms with Gasteiger partial charge in [0.1, 0.15) is 5.01 Å². The summed E-state index contributed by atoms with van der Waals surface area (Å²) in [5, 5.41) is 13.4. The topological polar surface area (TPSA) is 54.9 Å². The van der Waals surface area contributed by atoms with Gasteiger partial charge in [-0.05, 0) is 40.8 Å². The van der Waals surface area contributed by atoms with Crippen LogP contribution in [0.5, 0.6) is 0 Å². The van der Waals surface area contributed by atoms with E-state index in [9.17, 15) is 4.79 Å². The molecule has 0 saturated heterocycles. The highest BCUT2D eigenvalue weighted by atomic mass is 35.5. The lowest BCUT2D eigenvalue weighted by molar-refractivity contribution is 0.102. The molecule has 1 aromatic heterocycles. The van der Waals surface area contributed by atoms with Crippen molar-refractivity contribution in [3.8, 4) is 0 Å². The maximum Gasteiger partial charge on any atom is 0.257 e. The molecule has 0 aliphatic rings. The number of nitrogens with one attached hydrogen (secondary N) is 1. The van der Waals surface area contributed by atoms with Gasteiger partial charge in [0.15, 0.2) is 0 Å². The summed E-state index contributed by atoms with van der Waals surface area (Å²) in [6.07, 6.45) is 0.532. The second-order valence-electron chi connectivity index (χ2n) is 7.19. The maximum absolute atomic E-state index is 12.4. The van der Waals surface area contributed by atoms with Crippen LogP contribution in [-0.4, -0.2) is 16.1 Å². The molecule has 1 heterocycles. The summed E-state index contributed by atoms with van der Waals surface area (Å²) in [5.74, 6) is -0.206. The first-order chi connectivity index (χ1) is 12.7. The summed E-state index contributed by atoms with van der Waals surface area (Å²) in [4.78, 5) is 12.4. The lowest BCUT2D eigenvalue weighted by Gasteiger charge is -2.18. The summed E-state index contributed by atoms with van der Waals surface area (Å²) in [5.41, 5.74) is 2.72. The Balaban J connectivity index is 1.67. The molecule has 0 atom stereocenters. The number of hydrogen-bond donors (Lipinski definition) is 1. The molecule has 4 nitrogen and oxygen atoms in total. The van der Waals surface area contributed by atoms with Crippen molar-refractivity contribution in [1.82, 2.24) is 10.2 Å². The molecule has 0 radical (unpaired) electrons. The Kier molecular flexibility index (Phi) is 5.84. The minimum absolute atomic E-state index is 0.0477. The van der Waals surface area contributed by atoms with Crippen LogP contribution in [0.25, 0.3) is 0 Å². The third-order valence-corrected chi connectivity index (χ3v) is 5.48. The van der Waals surface area contributed by atoms with Crippen LogP contribution in [0.1, 0.15) is 47.3 Å². The molecule has 7 heteroatoms. The average molecular weight is 420 g/mol. The zero-order chi connectivity index (χ0) is 19.6. The van der Waals surface area contributed by atoms with Gasteiger partial charge in [-0.25, -0.2) is 0 Å². The van der Waals surface area contributed by atoms with Crippen LogP contribution >= 0.6 is 34.5 Å². The normalized spacial score (nSPS) is 11.4. The standard InChI is InChI=1S/C20H19Cl2N3OS/c1-20(2,3)14-7-4-12(5-8-14)18(26)23-19-25-24-17(27-19)10-13-6-9-15(21)11-16(13)22/h4-9,11H,10H2,1-3H3,(H,23,25,26). The van der Waals surface area contributed by atoms with Crippen LogP contribution in [0.2, 0.25) is 10.0 Å². The van der Waals surface area contributed by atoms with Crippen molar-refractivity contribution >= 4 is 45.6 Å². The Morgan fingerprint density at radius 1 is 1.07 bits per heavy atom. The van der Waals surface area contributed by atoms with E-state index >= 15 is 0 Å². The molecule has 140 valence electrons. The summed E-state index contributed by atoms with van der Waals surface area (Å²) in [7, 11) is 0. The van der Waals surface area contributed by atoms with E-state index in [1.54, 1.807) is 12.1 Å². The van der Waals surface area contributed by atoms with Crippen LogP contribution in [0.15, 0.2) is 42.5 Å². The molecule has 2 aromatic carbocycles. The number of rotatable bonds is 4. The molecule has 0 aliphatic carbocycles. The number of halogens is 2. The number of nitrogens with zero attached hydrogens (tertiary/aromatic N) is 2. The Morgan fingerprint density at radius 2 is 1.78 bits per heavy atom. The SMILES string of the molecule is CC(C)(C)c1ccc(C(=O)Nc2nnc(Cc3ccc(Cl)cc3Cl)s2)cc1. The number of hydrogen-bond acceptors (Lipinski definition) is 4. The number of amides is 1. The van der Waals surface area contributed by atoms with Gasteiger partial charge < -0.3 is 0 Å². The molecule has 27 heavy (non-hydrogen) atoms. The smallest absolute Gasteiger partial charge is 0.257 e. The Labute approximate surface area is 172 Å². The van der Waals surface area contributed by atoms with Gasteiger partial charge in [-0.1, -0.05) is 73.5 Å². The lowest BCUT2D eigenvalue weighted by atomic mass is 9.87. The summed E-state index contributed by atoms with van der Waals surface area (Å²) < 4.78 is 0. The van der Waals surface area contributed by atoms with E-state index in [0.717, 1.165) is 10.6 Å². The predicted molar refractivity (Wildman–Crippen MR) is 112 cm³/mol. The zero-order valence-electron chi connectivity index (χ0n) is 15.2. The van der Waals surface area contributed by atoms with Gasteiger partial charge in [0.05, 0.1) is 0 Å². The highest BCUT2D eigenvalue weighted by molar-refractivity contribution is 7.15. The first-order valence-electron chi connectivity index (χ1n) is 8.40. The first kappa shape index (κ1) is 19.8. The van der Waals surface area contributed by atoms with E-state index < -0.39 is 0 Å². The summed E-state index contributed by atoms with van der Waals surface area (Å²) in [6, 6.07) is 12.9. The Hall–Kier alpha value is -1.95. The predicted octanol–water partition coefficient (Wildman–Crippen LogP) is 5.99. The average Bonchev–Trinajstić information content (AvgIpc) is 3.04. The van der Waals surface area contributed by atoms with Crippen molar-refractivity contribution in [1.29, 1.82) is 0 Å². The minimum Gasteiger partial charge on any atom is -0.296 e. The molecule has 0 spiro atoms. The number of aromatic nitrogens is 2. The van der Waals surface area contributed by atoms with Crippen LogP contribution in [0, 0.1) is 0 Å². The van der Waals surface area contributed by atoms with Crippen molar-refractivity contribution in [2.24, 2.45) is 0 Å². The fourth-order valence-electron chi connectivity index (χ4n) is 2.49. The highest BCUT2D eigenvalue weighted by Gasteiger charge is 2.15. The second kappa shape index (κ2) is 7.97. The molecule has 0 fully saturated rings. The van der Waals surface area contributed by atoms with Crippen molar-refractivity contribution < 1.29 is 4.79 Å². The van der Waals surface area contributed by atoms with Crippen molar-refractivity contribution in [3.05, 3.63) is 74.2 Å². The molecular weight excluding hydrogens is 401 g/mol. The van der Waals surface area contributed by atoms with E-state index in [2.05, 4.69) is 36.3 Å². The number of benzene rings is 2. The van der Waals surface area contributed by atoms with E-state index in [1.807, 2.05) is 30.3 Å². The number of carbonyl (C=O) groups is 1. The van der Waals surface area contributed by atoms with Crippen LogP contribution in [0.4, 0.5) is 5.13 Å². The van der Waals surface area contributed by atoms with Gasteiger partial charge in [-0.2, -0.15) is 0 Å². The molecule has 0 unspecified atom stereocenters. The molecule has 3 rings (SSSR count). The van der Waals surface area contributed by atoms with Crippen molar-refractivity contribution in [2.45, 2.75) is 32.6 Å². The molecule has 0 bridgehead atoms. The van der Waals surface area contributed by atoms with Gasteiger partial charge in [-0.3, -0.25) is 10.1 Å². The molecule has 0 aliphatic heterocycles. The number of carbonyl (C=O) groups excluding carboxylic acids is 1.